The number of carbonyl (C=O) groups is 1. The van der Waals surface area contributed by atoms with Gasteiger partial charge >= 0.3 is 12.1 Å². The summed E-state index contributed by atoms with van der Waals surface area (Å²) in [6, 6.07) is 3.95. The minimum absolute atomic E-state index is 0.00618. The van der Waals surface area contributed by atoms with Crippen LogP contribution in [-0.4, -0.2) is 34.3 Å². The van der Waals surface area contributed by atoms with Gasteiger partial charge in [0.2, 0.25) is 5.82 Å². The first-order valence-electron chi connectivity index (χ1n) is 5.65. The lowest BCUT2D eigenvalue weighted by atomic mass is 10.2. The molecule has 1 aromatic heterocycles. The molecule has 0 fully saturated rings. The van der Waals surface area contributed by atoms with Gasteiger partial charge in [-0.05, 0) is 12.1 Å². The molecule has 108 valence electrons. The van der Waals surface area contributed by atoms with Gasteiger partial charge in [0.25, 0.3) is 0 Å². The Bertz CT molecular complexity index is 649. The van der Waals surface area contributed by atoms with Gasteiger partial charge in [0.05, 0.1) is 23.2 Å². The van der Waals surface area contributed by atoms with Gasteiger partial charge in [-0.1, -0.05) is 6.07 Å². The third-order valence-electron chi connectivity index (χ3n) is 2.77. The summed E-state index contributed by atoms with van der Waals surface area (Å²) in [6.45, 7) is -0.116. The molecule has 0 radical (unpaired) electrons. The zero-order valence-corrected chi connectivity index (χ0v) is 10.4. The van der Waals surface area contributed by atoms with Crippen molar-refractivity contribution in [2.24, 2.45) is 0 Å². The normalized spacial score (nSPS) is 12.0. The monoisotopic (exact) mass is 288 g/mol. The van der Waals surface area contributed by atoms with Gasteiger partial charge in [0.15, 0.2) is 0 Å². The summed E-state index contributed by atoms with van der Waals surface area (Å²) in [6.07, 6.45) is -4.66. The van der Waals surface area contributed by atoms with Crippen LogP contribution in [0.25, 0.3) is 11.0 Å². The first-order chi connectivity index (χ1) is 9.36. The van der Waals surface area contributed by atoms with Crippen molar-refractivity contribution in [1.29, 1.82) is 0 Å². The number of alkyl halides is 3. The lowest BCUT2D eigenvalue weighted by Crippen LogP contribution is -2.17. The zero-order valence-electron chi connectivity index (χ0n) is 10.4. The van der Waals surface area contributed by atoms with E-state index in [9.17, 15) is 18.0 Å². The highest BCUT2D eigenvalue weighted by Crippen LogP contribution is 2.32. The summed E-state index contributed by atoms with van der Waals surface area (Å²) in [5, 5.41) is 9.09. The van der Waals surface area contributed by atoms with Crippen LogP contribution in [-0.2, 0) is 17.5 Å². The first kappa shape index (κ1) is 14.3. The van der Waals surface area contributed by atoms with E-state index in [4.69, 9.17) is 9.84 Å². The summed E-state index contributed by atoms with van der Waals surface area (Å²) in [5.41, 5.74) is -0.278. The molecule has 8 heteroatoms. The first-order valence-corrected chi connectivity index (χ1v) is 5.65. The van der Waals surface area contributed by atoms with Crippen LogP contribution in [0.4, 0.5) is 13.2 Å². The summed E-state index contributed by atoms with van der Waals surface area (Å²) < 4.78 is 44.5. The second-order valence-corrected chi connectivity index (χ2v) is 4.06. The second-order valence-electron chi connectivity index (χ2n) is 4.06. The number of carboxylic acid groups (broad SMARTS) is 1. The summed E-state index contributed by atoms with van der Waals surface area (Å²) >= 11 is 0. The van der Waals surface area contributed by atoms with Crippen LogP contribution < -0.4 is 0 Å². The van der Waals surface area contributed by atoms with E-state index >= 15 is 0 Å². The molecule has 0 saturated carbocycles. The fraction of sp³-hybridized carbons (Fsp3) is 0.333. The van der Waals surface area contributed by atoms with Crippen LogP contribution in [0.3, 0.4) is 0 Å². The fourth-order valence-corrected chi connectivity index (χ4v) is 1.97. The maximum atomic E-state index is 13.0. The minimum Gasteiger partial charge on any atom is -0.478 e. The maximum absolute atomic E-state index is 13.0. The average molecular weight is 288 g/mol. The number of nitrogens with zero attached hydrogens (tertiary/aromatic N) is 2. The van der Waals surface area contributed by atoms with E-state index in [2.05, 4.69) is 4.98 Å². The van der Waals surface area contributed by atoms with Gasteiger partial charge in [-0.15, -0.1) is 0 Å². The largest absolute Gasteiger partial charge is 0.478 e. The van der Waals surface area contributed by atoms with Gasteiger partial charge in [-0.2, -0.15) is 13.2 Å². The number of fused-ring (bicyclic) bond motifs is 1. The summed E-state index contributed by atoms with van der Waals surface area (Å²) in [7, 11) is 1.35. The molecule has 5 nitrogen and oxygen atoms in total. The van der Waals surface area contributed by atoms with E-state index in [1.807, 2.05) is 0 Å². The fourth-order valence-electron chi connectivity index (χ4n) is 1.97. The third kappa shape index (κ3) is 2.46. The molecule has 1 heterocycles. The molecule has 1 N–H and O–H groups in total. The van der Waals surface area contributed by atoms with E-state index in [0.29, 0.717) is 0 Å². The lowest BCUT2D eigenvalue weighted by Gasteiger charge is -2.11. The SMILES string of the molecule is COCCn1c(C(F)(F)F)nc2cccc(C(=O)O)c21. The molecule has 0 aliphatic heterocycles. The van der Waals surface area contributed by atoms with Gasteiger partial charge in [0.1, 0.15) is 0 Å². The lowest BCUT2D eigenvalue weighted by molar-refractivity contribution is -0.147. The number of benzene rings is 1. The summed E-state index contributed by atoms with van der Waals surface area (Å²) in [4.78, 5) is 14.6. The molecule has 1 aromatic carbocycles. The Kier molecular flexibility index (Phi) is 3.67. The van der Waals surface area contributed by atoms with Gasteiger partial charge in [-0.3, -0.25) is 0 Å². The van der Waals surface area contributed by atoms with Crippen molar-refractivity contribution in [2.75, 3.05) is 13.7 Å². The van der Waals surface area contributed by atoms with Crippen molar-refractivity contribution in [3.8, 4) is 0 Å². The number of aromatic carboxylic acids is 1. The van der Waals surface area contributed by atoms with E-state index in [1.54, 1.807) is 0 Å². The van der Waals surface area contributed by atoms with Crippen LogP contribution in [0.2, 0.25) is 0 Å². The van der Waals surface area contributed by atoms with Crippen molar-refractivity contribution in [3.63, 3.8) is 0 Å². The number of hydrogen-bond donors (Lipinski definition) is 1. The van der Waals surface area contributed by atoms with Crippen LogP contribution in [0.1, 0.15) is 16.2 Å². The maximum Gasteiger partial charge on any atom is 0.449 e. The number of imidazole rings is 1. The number of rotatable bonds is 4. The Labute approximate surface area is 111 Å². The molecule has 0 unspecified atom stereocenters. The molecule has 2 aromatic rings. The van der Waals surface area contributed by atoms with Crippen LogP contribution in [0, 0.1) is 0 Å². The second kappa shape index (κ2) is 5.12. The number of aromatic nitrogens is 2. The highest BCUT2D eigenvalue weighted by atomic mass is 19.4. The Morgan fingerprint density at radius 2 is 2.15 bits per heavy atom. The average Bonchev–Trinajstić information content (AvgIpc) is 2.74. The predicted octanol–water partition coefficient (Wildman–Crippen LogP) is 2.40. The number of para-hydroxylation sites is 1. The number of methoxy groups -OCH3 is 1. The van der Waals surface area contributed by atoms with Crippen molar-refractivity contribution in [3.05, 3.63) is 29.6 Å². The van der Waals surface area contributed by atoms with E-state index < -0.39 is 18.0 Å². The van der Waals surface area contributed by atoms with Crippen molar-refractivity contribution < 1.29 is 27.8 Å². The number of ether oxygens (including phenoxy) is 1. The standard InChI is InChI=1S/C12H11F3N2O3/c1-20-6-5-17-9-7(10(18)19)3-2-4-8(9)16-11(17)12(13,14)15/h2-4H,5-6H2,1H3,(H,18,19). The Morgan fingerprint density at radius 1 is 1.45 bits per heavy atom. The van der Waals surface area contributed by atoms with E-state index in [0.717, 1.165) is 4.57 Å². The minimum atomic E-state index is -4.66. The highest BCUT2D eigenvalue weighted by Gasteiger charge is 2.38. The van der Waals surface area contributed by atoms with Crippen LogP contribution in [0.5, 0.6) is 0 Å². The molecule has 0 aliphatic rings. The predicted molar refractivity (Wildman–Crippen MR) is 63.6 cm³/mol. The van der Waals surface area contributed by atoms with Crippen molar-refractivity contribution >= 4 is 17.0 Å². The van der Waals surface area contributed by atoms with E-state index in [-0.39, 0.29) is 29.7 Å². The van der Waals surface area contributed by atoms with E-state index in [1.165, 1.54) is 25.3 Å². The third-order valence-corrected chi connectivity index (χ3v) is 2.77. The quantitative estimate of drug-likeness (QED) is 0.938. The Balaban J connectivity index is 2.75. The zero-order chi connectivity index (χ0) is 14.9. The van der Waals surface area contributed by atoms with Crippen LogP contribution >= 0.6 is 0 Å². The van der Waals surface area contributed by atoms with Gasteiger partial charge < -0.3 is 14.4 Å². The summed E-state index contributed by atoms with van der Waals surface area (Å²) in [5.74, 6) is -2.43. The molecule has 0 bridgehead atoms. The molecular weight excluding hydrogens is 277 g/mol. The van der Waals surface area contributed by atoms with Crippen molar-refractivity contribution in [1.82, 2.24) is 9.55 Å². The number of hydrogen-bond acceptors (Lipinski definition) is 3. The Morgan fingerprint density at radius 3 is 2.70 bits per heavy atom. The molecule has 0 spiro atoms. The molecule has 0 aliphatic carbocycles. The Hall–Kier alpha value is -2.09. The topological polar surface area (TPSA) is 64.4 Å². The van der Waals surface area contributed by atoms with Gasteiger partial charge in [0, 0.05) is 13.7 Å². The molecule has 0 amide bonds. The molecule has 0 saturated heterocycles. The smallest absolute Gasteiger partial charge is 0.449 e. The van der Waals surface area contributed by atoms with Crippen LogP contribution in [0.15, 0.2) is 18.2 Å². The molecule has 2 rings (SSSR count). The molecular formula is C12H11F3N2O3. The van der Waals surface area contributed by atoms with Crippen molar-refractivity contribution in [2.45, 2.75) is 12.7 Å². The highest BCUT2D eigenvalue weighted by molar-refractivity contribution is 6.01. The number of carboxylic acids is 1. The molecule has 20 heavy (non-hydrogen) atoms. The number of halogens is 3. The van der Waals surface area contributed by atoms with Gasteiger partial charge in [-0.25, -0.2) is 9.78 Å². The molecule has 0 atom stereocenters.